The number of methoxy groups -OCH3 is 2. The van der Waals surface area contributed by atoms with Crippen molar-refractivity contribution in [2.45, 2.75) is 25.7 Å². The molecule has 2 aromatic rings. The normalized spacial score (nSPS) is 14.7. The Morgan fingerprint density at radius 2 is 1.92 bits per heavy atom. The Labute approximate surface area is 151 Å². The van der Waals surface area contributed by atoms with Crippen molar-refractivity contribution < 1.29 is 14.3 Å². The van der Waals surface area contributed by atoms with Gasteiger partial charge >= 0.3 is 0 Å². The van der Waals surface area contributed by atoms with E-state index in [0.717, 1.165) is 37.4 Å². The molecule has 6 nitrogen and oxygen atoms in total. The summed E-state index contributed by atoms with van der Waals surface area (Å²) >= 11 is 1.41. The van der Waals surface area contributed by atoms with Crippen LogP contribution in [0.25, 0.3) is 0 Å². The van der Waals surface area contributed by atoms with Gasteiger partial charge in [0.15, 0.2) is 5.13 Å². The summed E-state index contributed by atoms with van der Waals surface area (Å²) in [4.78, 5) is 19.0. The van der Waals surface area contributed by atoms with E-state index in [9.17, 15) is 4.79 Å². The average molecular weight is 361 g/mol. The number of hydrogen-bond acceptors (Lipinski definition) is 6. The molecule has 3 rings (SSSR count). The molecule has 0 atom stereocenters. The minimum atomic E-state index is 0.0212. The molecule has 0 saturated carbocycles. The Morgan fingerprint density at radius 3 is 2.60 bits per heavy atom. The highest BCUT2D eigenvalue weighted by molar-refractivity contribution is 7.14. The van der Waals surface area contributed by atoms with Crippen molar-refractivity contribution in [3.8, 4) is 11.5 Å². The van der Waals surface area contributed by atoms with Crippen molar-refractivity contribution in [3.63, 3.8) is 0 Å². The van der Waals surface area contributed by atoms with Crippen molar-refractivity contribution >= 4 is 28.1 Å². The molecule has 0 aliphatic carbocycles. The summed E-state index contributed by atoms with van der Waals surface area (Å²) in [5, 5.41) is 5.70. The first kappa shape index (κ1) is 17.5. The van der Waals surface area contributed by atoms with E-state index in [1.165, 1.54) is 24.2 Å². The van der Waals surface area contributed by atoms with Gasteiger partial charge in [0.25, 0.3) is 5.91 Å². The number of nitrogens with one attached hydrogen (secondary N) is 1. The number of nitrogens with zero attached hydrogens (tertiary/aromatic N) is 2. The minimum absolute atomic E-state index is 0.0212. The Hall–Kier alpha value is -2.28. The Bertz CT molecular complexity index is 724. The summed E-state index contributed by atoms with van der Waals surface area (Å²) in [5.41, 5.74) is 1.29. The molecule has 0 spiro atoms. The molecule has 134 valence electrons. The number of hydrogen-bond donors (Lipinski definition) is 1. The third-order valence-corrected chi connectivity index (χ3v) is 5.02. The molecular weight excluding hydrogens is 338 g/mol. The van der Waals surface area contributed by atoms with Gasteiger partial charge in [0.05, 0.1) is 19.9 Å². The highest BCUT2D eigenvalue weighted by Gasteiger charge is 2.20. The van der Waals surface area contributed by atoms with Crippen molar-refractivity contribution in [1.82, 2.24) is 9.88 Å². The summed E-state index contributed by atoms with van der Waals surface area (Å²) in [6.45, 7) is 1.65. The number of benzene rings is 1. The molecule has 25 heavy (non-hydrogen) atoms. The lowest BCUT2D eigenvalue weighted by Gasteiger charge is -2.18. The maximum Gasteiger partial charge on any atom is 0.273 e. The van der Waals surface area contributed by atoms with Crippen LogP contribution in [0.2, 0.25) is 0 Å². The van der Waals surface area contributed by atoms with E-state index in [0.29, 0.717) is 16.6 Å². The SMILES string of the molecule is COc1ccc(Nc2nc(C(=O)N3CCCCCC3)cs2)c(OC)c1. The van der Waals surface area contributed by atoms with Crippen molar-refractivity contribution in [3.05, 3.63) is 29.3 Å². The number of thiazole rings is 1. The second kappa shape index (κ2) is 8.20. The number of likely N-dealkylation sites (tertiary alicyclic amines) is 1. The smallest absolute Gasteiger partial charge is 0.273 e. The second-order valence-electron chi connectivity index (χ2n) is 5.94. The summed E-state index contributed by atoms with van der Waals surface area (Å²) in [5.74, 6) is 1.40. The van der Waals surface area contributed by atoms with Crippen LogP contribution < -0.4 is 14.8 Å². The van der Waals surface area contributed by atoms with E-state index >= 15 is 0 Å². The maximum absolute atomic E-state index is 12.6. The zero-order chi connectivity index (χ0) is 17.6. The van der Waals surface area contributed by atoms with E-state index in [1.807, 2.05) is 22.4 Å². The van der Waals surface area contributed by atoms with Crippen LogP contribution in [0.5, 0.6) is 11.5 Å². The summed E-state index contributed by atoms with van der Waals surface area (Å²) in [7, 11) is 3.22. The van der Waals surface area contributed by atoms with E-state index in [2.05, 4.69) is 10.3 Å². The van der Waals surface area contributed by atoms with Crippen molar-refractivity contribution in [2.75, 3.05) is 32.6 Å². The lowest BCUT2D eigenvalue weighted by molar-refractivity contribution is 0.0756. The minimum Gasteiger partial charge on any atom is -0.497 e. The van der Waals surface area contributed by atoms with Gasteiger partial charge in [-0.1, -0.05) is 12.8 Å². The zero-order valence-electron chi connectivity index (χ0n) is 14.6. The predicted octanol–water partition coefficient (Wildman–Crippen LogP) is 3.92. The number of aromatic nitrogens is 1. The Kier molecular flexibility index (Phi) is 5.75. The summed E-state index contributed by atoms with van der Waals surface area (Å²) in [6, 6.07) is 5.52. The lowest BCUT2D eigenvalue weighted by atomic mass is 10.2. The molecule has 1 aliphatic heterocycles. The predicted molar refractivity (Wildman–Crippen MR) is 99.3 cm³/mol. The number of anilines is 2. The van der Waals surface area contributed by atoms with Crippen LogP contribution in [0.15, 0.2) is 23.6 Å². The second-order valence-corrected chi connectivity index (χ2v) is 6.79. The first-order valence-electron chi connectivity index (χ1n) is 8.45. The van der Waals surface area contributed by atoms with E-state index in [1.54, 1.807) is 20.3 Å². The molecular formula is C18H23N3O3S. The number of rotatable bonds is 5. The summed E-state index contributed by atoms with van der Waals surface area (Å²) in [6.07, 6.45) is 4.55. The molecule has 0 radical (unpaired) electrons. The van der Waals surface area contributed by atoms with Crippen LogP contribution in [0, 0.1) is 0 Å². The Balaban J connectivity index is 1.72. The van der Waals surface area contributed by atoms with Gasteiger partial charge in [0, 0.05) is 24.5 Å². The third kappa shape index (κ3) is 4.22. The number of ether oxygens (including phenoxy) is 2. The molecule has 1 amide bonds. The van der Waals surface area contributed by atoms with Crippen LogP contribution in [0.1, 0.15) is 36.2 Å². The van der Waals surface area contributed by atoms with Crippen LogP contribution >= 0.6 is 11.3 Å². The van der Waals surface area contributed by atoms with Crippen LogP contribution in [-0.4, -0.2) is 43.1 Å². The van der Waals surface area contributed by atoms with Gasteiger partial charge in [-0.3, -0.25) is 4.79 Å². The number of carbonyl (C=O) groups is 1. The largest absolute Gasteiger partial charge is 0.497 e. The molecule has 1 aromatic carbocycles. The molecule has 1 aromatic heterocycles. The molecule has 0 bridgehead atoms. The molecule has 2 heterocycles. The van der Waals surface area contributed by atoms with Gasteiger partial charge in [-0.25, -0.2) is 4.98 Å². The van der Waals surface area contributed by atoms with E-state index in [4.69, 9.17) is 9.47 Å². The fourth-order valence-corrected chi connectivity index (χ4v) is 3.58. The topological polar surface area (TPSA) is 63.7 Å². The van der Waals surface area contributed by atoms with E-state index < -0.39 is 0 Å². The molecule has 1 fully saturated rings. The zero-order valence-corrected chi connectivity index (χ0v) is 15.4. The van der Waals surface area contributed by atoms with Crippen LogP contribution in [0.4, 0.5) is 10.8 Å². The fraction of sp³-hybridized carbons (Fsp3) is 0.444. The van der Waals surface area contributed by atoms with E-state index in [-0.39, 0.29) is 5.91 Å². The standard InChI is InChI=1S/C18H23N3O3S/c1-23-13-7-8-14(16(11-13)24-2)19-18-20-15(12-25-18)17(22)21-9-5-3-4-6-10-21/h7-8,11-12H,3-6,9-10H2,1-2H3,(H,19,20). The highest BCUT2D eigenvalue weighted by atomic mass is 32.1. The van der Waals surface area contributed by atoms with Crippen molar-refractivity contribution in [2.24, 2.45) is 0 Å². The van der Waals surface area contributed by atoms with Crippen molar-refractivity contribution in [1.29, 1.82) is 0 Å². The molecule has 1 saturated heterocycles. The van der Waals surface area contributed by atoms with Gasteiger partial charge in [0.1, 0.15) is 17.2 Å². The molecule has 0 unspecified atom stereocenters. The van der Waals surface area contributed by atoms with Gasteiger partial charge in [-0.05, 0) is 25.0 Å². The molecule has 7 heteroatoms. The number of carbonyl (C=O) groups excluding carboxylic acids is 1. The van der Waals surface area contributed by atoms with Gasteiger partial charge < -0.3 is 19.7 Å². The fourth-order valence-electron chi connectivity index (χ4n) is 2.88. The maximum atomic E-state index is 12.6. The van der Waals surface area contributed by atoms with Crippen LogP contribution in [0.3, 0.4) is 0 Å². The number of amides is 1. The first-order chi connectivity index (χ1) is 12.2. The van der Waals surface area contributed by atoms with Gasteiger partial charge in [-0.15, -0.1) is 11.3 Å². The molecule has 1 aliphatic rings. The monoisotopic (exact) mass is 361 g/mol. The van der Waals surface area contributed by atoms with Gasteiger partial charge in [-0.2, -0.15) is 0 Å². The summed E-state index contributed by atoms with van der Waals surface area (Å²) < 4.78 is 10.6. The highest BCUT2D eigenvalue weighted by Crippen LogP contribution is 2.32. The lowest BCUT2D eigenvalue weighted by Crippen LogP contribution is -2.32. The first-order valence-corrected chi connectivity index (χ1v) is 9.33. The molecule has 1 N–H and O–H groups in total. The van der Waals surface area contributed by atoms with Gasteiger partial charge in [0.2, 0.25) is 0 Å². The quantitative estimate of drug-likeness (QED) is 0.874. The average Bonchev–Trinajstić information content (AvgIpc) is 2.93. The third-order valence-electron chi connectivity index (χ3n) is 4.27. The Morgan fingerprint density at radius 1 is 1.16 bits per heavy atom. The van der Waals surface area contributed by atoms with Crippen LogP contribution in [-0.2, 0) is 0 Å².